The molecule has 0 unspecified atom stereocenters. The zero-order valence-corrected chi connectivity index (χ0v) is 7.06. The van der Waals surface area contributed by atoms with Crippen LogP contribution in [0.2, 0.25) is 0 Å². The van der Waals surface area contributed by atoms with E-state index in [9.17, 15) is 0 Å². The van der Waals surface area contributed by atoms with Crippen LogP contribution in [0.15, 0.2) is 0 Å². The van der Waals surface area contributed by atoms with Gasteiger partial charge in [0.05, 0.1) is 23.7 Å². The lowest BCUT2D eigenvalue weighted by Gasteiger charge is -2.17. The van der Waals surface area contributed by atoms with Gasteiger partial charge in [-0.1, -0.05) is 0 Å². The minimum Gasteiger partial charge on any atom is -0.394 e. The van der Waals surface area contributed by atoms with E-state index in [2.05, 4.69) is 0 Å². The number of rotatable bonds is 1. The Hall–Kier alpha value is 0.210. The Balaban J connectivity index is 2.53. The summed E-state index contributed by atoms with van der Waals surface area (Å²) >= 11 is 6.06. The molecule has 0 aromatic rings. The molecule has 0 saturated carbocycles. The first-order valence-corrected chi connectivity index (χ1v) is 3.89. The molecule has 1 fully saturated rings. The molecule has 1 N–H and O–H groups in total. The van der Waals surface area contributed by atoms with Crippen molar-refractivity contribution in [2.24, 2.45) is 0 Å². The van der Waals surface area contributed by atoms with Crippen LogP contribution < -0.4 is 0 Å². The van der Waals surface area contributed by atoms with Crippen LogP contribution >= 0.6 is 11.6 Å². The van der Waals surface area contributed by atoms with E-state index in [1.54, 1.807) is 0 Å². The molecule has 1 aliphatic heterocycles. The van der Waals surface area contributed by atoms with E-state index in [0.29, 0.717) is 0 Å². The third-order valence-corrected chi connectivity index (χ3v) is 2.54. The van der Waals surface area contributed by atoms with Crippen molar-refractivity contribution in [3.8, 4) is 0 Å². The van der Waals surface area contributed by atoms with Gasteiger partial charge in [-0.05, 0) is 20.3 Å². The van der Waals surface area contributed by atoms with E-state index in [1.807, 2.05) is 13.8 Å². The van der Waals surface area contributed by atoms with Crippen molar-refractivity contribution in [2.45, 2.75) is 37.4 Å². The van der Waals surface area contributed by atoms with Gasteiger partial charge in [0.25, 0.3) is 0 Å². The fourth-order valence-electron chi connectivity index (χ4n) is 1.20. The lowest BCUT2D eigenvalue weighted by molar-refractivity contribution is 0.0166. The van der Waals surface area contributed by atoms with E-state index in [4.69, 9.17) is 21.4 Å². The largest absolute Gasteiger partial charge is 0.394 e. The van der Waals surface area contributed by atoms with Gasteiger partial charge < -0.3 is 9.84 Å². The minimum absolute atomic E-state index is 0.0475. The number of hydrogen-bond acceptors (Lipinski definition) is 2. The Bertz CT molecular complexity index is 125. The van der Waals surface area contributed by atoms with Crippen LogP contribution in [-0.2, 0) is 4.74 Å². The second-order valence-corrected chi connectivity index (χ2v) is 3.93. The second-order valence-electron chi connectivity index (χ2n) is 3.07. The van der Waals surface area contributed by atoms with Gasteiger partial charge in [0.1, 0.15) is 0 Å². The standard InChI is InChI=1S/C7H13ClO2/c1-5-7(2,8)3-6(4-9)10-5/h5-6,9H,3-4H2,1-2H3/t5-,6-,7-/m0/s1. The van der Waals surface area contributed by atoms with E-state index in [-0.39, 0.29) is 23.7 Å². The summed E-state index contributed by atoms with van der Waals surface area (Å²) in [5.41, 5.74) is 0. The molecule has 0 spiro atoms. The van der Waals surface area contributed by atoms with Gasteiger partial charge in [0, 0.05) is 0 Å². The van der Waals surface area contributed by atoms with Crippen LogP contribution in [0.4, 0.5) is 0 Å². The van der Waals surface area contributed by atoms with E-state index in [1.165, 1.54) is 0 Å². The molecule has 2 nitrogen and oxygen atoms in total. The SMILES string of the molecule is C[C@@H]1O[C@H](CO)C[C@]1(C)Cl. The van der Waals surface area contributed by atoms with Crippen LogP contribution in [0.25, 0.3) is 0 Å². The maximum atomic E-state index is 8.73. The summed E-state index contributed by atoms with van der Waals surface area (Å²) in [4.78, 5) is -0.284. The summed E-state index contributed by atoms with van der Waals surface area (Å²) in [6.07, 6.45) is 0.732. The van der Waals surface area contributed by atoms with E-state index >= 15 is 0 Å². The highest BCUT2D eigenvalue weighted by Gasteiger charge is 2.40. The van der Waals surface area contributed by atoms with Gasteiger partial charge in [-0.15, -0.1) is 11.6 Å². The average Bonchev–Trinajstić information content (AvgIpc) is 2.08. The summed E-state index contributed by atoms with van der Waals surface area (Å²) in [5.74, 6) is 0. The molecule has 1 heterocycles. The third-order valence-electron chi connectivity index (χ3n) is 2.07. The summed E-state index contributed by atoms with van der Waals surface area (Å²) in [5, 5.41) is 8.73. The third kappa shape index (κ3) is 1.44. The molecule has 3 heteroatoms. The molecule has 0 aromatic heterocycles. The maximum Gasteiger partial charge on any atom is 0.0827 e. The molecular weight excluding hydrogens is 152 g/mol. The molecule has 1 rings (SSSR count). The summed E-state index contributed by atoms with van der Waals surface area (Å²) in [6, 6.07) is 0. The molecule has 0 bridgehead atoms. The number of halogens is 1. The lowest BCUT2D eigenvalue weighted by atomic mass is 10.0. The number of ether oxygens (including phenoxy) is 1. The number of aliphatic hydroxyl groups is 1. The molecular formula is C7H13ClO2. The highest BCUT2D eigenvalue weighted by atomic mass is 35.5. The Labute approximate surface area is 66.1 Å². The first-order valence-electron chi connectivity index (χ1n) is 3.51. The van der Waals surface area contributed by atoms with Gasteiger partial charge in [0.15, 0.2) is 0 Å². The van der Waals surface area contributed by atoms with Crippen molar-refractivity contribution < 1.29 is 9.84 Å². The first-order chi connectivity index (χ1) is 4.56. The van der Waals surface area contributed by atoms with E-state index < -0.39 is 0 Å². The Morgan fingerprint density at radius 3 is 2.60 bits per heavy atom. The van der Waals surface area contributed by atoms with Crippen molar-refractivity contribution in [1.29, 1.82) is 0 Å². The number of hydrogen-bond donors (Lipinski definition) is 1. The smallest absolute Gasteiger partial charge is 0.0827 e. The molecule has 0 amide bonds. The Morgan fingerprint density at radius 1 is 1.80 bits per heavy atom. The zero-order chi connectivity index (χ0) is 7.78. The van der Waals surface area contributed by atoms with Gasteiger partial charge in [-0.25, -0.2) is 0 Å². The van der Waals surface area contributed by atoms with Gasteiger partial charge in [-0.2, -0.15) is 0 Å². The minimum atomic E-state index is -0.284. The van der Waals surface area contributed by atoms with Crippen molar-refractivity contribution in [2.75, 3.05) is 6.61 Å². The van der Waals surface area contributed by atoms with Gasteiger partial charge in [0.2, 0.25) is 0 Å². The first kappa shape index (κ1) is 8.31. The molecule has 1 aliphatic rings. The van der Waals surface area contributed by atoms with Crippen molar-refractivity contribution in [1.82, 2.24) is 0 Å². The molecule has 0 radical (unpaired) electrons. The fraction of sp³-hybridized carbons (Fsp3) is 1.00. The van der Waals surface area contributed by atoms with Crippen molar-refractivity contribution in [3.63, 3.8) is 0 Å². The summed E-state index contributed by atoms with van der Waals surface area (Å²) in [6.45, 7) is 3.95. The van der Waals surface area contributed by atoms with Crippen molar-refractivity contribution in [3.05, 3.63) is 0 Å². The molecule has 1 saturated heterocycles. The Kier molecular flexibility index (Phi) is 2.23. The number of aliphatic hydroxyl groups excluding tert-OH is 1. The van der Waals surface area contributed by atoms with Crippen LogP contribution in [0.1, 0.15) is 20.3 Å². The van der Waals surface area contributed by atoms with Crippen LogP contribution in [0.5, 0.6) is 0 Å². The molecule has 0 aliphatic carbocycles. The van der Waals surface area contributed by atoms with Gasteiger partial charge in [-0.3, -0.25) is 0 Å². The van der Waals surface area contributed by atoms with E-state index in [0.717, 1.165) is 6.42 Å². The highest BCUT2D eigenvalue weighted by molar-refractivity contribution is 6.24. The summed E-state index contributed by atoms with van der Waals surface area (Å²) in [7, 11) is 0. The zero-order valence-electron chi connectivity index (χ0n) is 6.30. The molecule has 3 atom stereocenters. The quantitative estimate of drug-likeness (QED) is 0.590. The van der Waals surface area contributed by atoms with Crippen molar-refractivity contribution >= 4 is 11.6 Å². The Morgan fingerprint density at radius 2 is 2.40 bits per heavy atom. The predicted molar refractivity (Wildman–Crippen MR) is 40.3 cm³/mol. The molecule has 60 valence electrons. The predicted octanol–water partition coefficient (Wildman–Crippen LogP) is 1.15. The van der Waals surface area contributed by atoms with Crippen LogP contribution in [0.3, 0.4) is 0 Å². The van der Waals surface area contributed by atoms with Crippen LogP contribution in [0, 0.1) is 0 Å². The van der Waals surface area contributed by atoms with Gasteiger partial charge >= 0.3 is 0 Å². The summed E-state index contributed by atoms with van der Waals surface area (Å²) < 4.78 is 5.34. The molecule has 10 heavy (non-hydrogen) atoms. The normalized spacial score (nSPS) is 48.0. The topological polar surface area (TPSA) is 29.5 Å². The average molecular weight is 165 g/mol. The maximum absolute atomic E-state index is 8.73. The lowest BCUT2D eigenvalue weighted by Crippen LogP contribution is -2.24. The molecule has 0 aromatic carbocycles. The monoisotopic (exact) mass is 164 g/mol. The van der Waals surface area contributed by atoms with Crippen LogP contribution in [-0.4, -0.2) is 28.8 Å². The number of alkyl halides is 1. The fourth-order valence-corrected chi connectivity index (χ4v) is 1.42. The second kappa shape index (κ2) is 2.68. The highest BCUT2D eigenvalue weighted by Crippen LogP contribution is 2.35.